The number of Topliss-reactive ketones (excluding diaryl/α,β-unsaturated/α-hetero) is 1. The van der Waals surface area contributed by atoms with Crippen LogP contribution in [-0.4, -0.2) is 92.7 Å². The lowest BCUT2D eigenvalue weighted by molar-refractivity contribution is -0.338. The fourth-order valence-corrected chi connectivity index (χ4v) is 9.72. The predicted molar refractivity (Wildman–Crippen MR) is 159 cm³/mol. The maximum atomic E-state index is 14.5. The fraction of sp³-hybridized carbons (Fsp3) is 0.742. The number of ketones is 1. The predicted octanol–water partition coefficient (Wildman–Crippen LogP) is 3.04. The Labute approximate surface area is 255 Å². The molecule has 2 saturated carbocycles. The van der Waals surface area contributed by atoms with Crippen molar-refractivity contribution in [3.8, 4) is 0 Å². The van der Waals surface area contributed by atoms with Crippen LogP contribution in [0.5, 0.6) is 0 Å². The molecule has 2 heterocycles. The summed E-state index contributed by atoms with van der Waals surface area (Å²) in [6.07, 6.45) is -3.17. The van der Waals surface area contributed by atoms with Crippen LogP contribution < -0.4 is 0 Å². The minimum Gasteiger partial charge on any atom is -0.456 e. The average molecular weight is 625 g/mol. The molecule has 0 spiro atoms. The third-order valence-corrected chi connectivity index (χ3v) is 12.6. The first-order valence-corrected chi connectivity index (χ1v) is 16.9. The molecule has 42 heavy (non-hydrogen) atoms. The highest BCUT2D eigenvalue weighted by atomic mass is 32.2. The number of ether oxygens (including phenoxy) is 3. The van der Waals surface area contributed by atoms with Gasteiger partial charge in [-0.25, -0.2) is 4.79 Å². The second-order valence-electron chi connectivity index (χ2n) is 13.4. The van der Waals surface area contributed by atoms with Gasteiger partial charge in [0.25, 0.3) is 0 Å². The molecule has 3 fully saturated rings. The normalized spacial score (nSPS) is 42.4. The molecule has 0 radical (unpaired) electrons. The van der Waals surface area contributed by atoms with Crippen LogP contribution in [0.4, 0.5) is 0 Å². The van der Waals surface area contributed by atoms with Gasteiger partial charge in [-0.2, -0.15) is 0 Å². The average Bonchev–Trinajstić information content (AvgIpc) is 3.47. The van der Waals surface area contributed by atoms with Gasteiger partial charge in [0.2, 0.25) is 0 Å². The molecule has 5 rings (SSSR count). The van der Waals surface area contributed by atoms with E-state index < -0.39 is 82.1 Å². The highest BCUT2D eigenvalue weighted by Crippen LogP contribution is 2.64. The molecule has 234 valence electrons. The molecule has 1 aromatic heterocycles. The van der Waals surface area contributed by atoms with Gasteiger partial charge in [0.1, 0.15) is 17.8 Å². The summed E-state index contributed by atoms with van der Waals surface area (Å²) < 4.78 is 17.9. The Kier molecular flexibility index (Phi) is 8.36. The van der Waals surface area contributed by atoms with Crippen molar-refractivity contribution in [2.75, 3.05) is 18.8 Å². The largest absolute Gasteiger partial charge is 0.456 e. The van der Waals surface area contributed by atoms with E-state index in [1.807, 2.05) is 30.7 Å². The topological polar surface area (TPSA) is 143 Å². The molecule has 0 amide bonds. The van der Waals surface area contributed by atoms with Crippen molar-refractivity contribution in [3.05, 3.63) is 33.5 Å². The van der Waals surface area contributed by atoms with E-state index in [0.29, 0.717) is 17.1 Å². The molecule has 2 bridgehead atoms. The van der Waals surface area contributed by atoms with Crippen molar-refractivity contribution >= 4 is 34.9 Å². The van der Waals surface area contributed by atoms with Gasteiger partial charge in [-0.15, -0.1) is 23.1 Å². The molecule has 11 heteroatoms. The molecular formula is C31H44O9S2. The summed E-state index contributed by atoms with van der Waals surface area (Å²) >= 11 is 2.89. The molecule has 1 saturated heterocycles. The Bertz CT molecular complexity index is 1250. The lowest BCUT2D eigenvalue weighted by Crippen LogP contribution is -2.79. The summed E-state index contributed by atoms with van der Waals surface area (Å²) in [5.41, 5.74) is -4.72. The van der Waals surface area contributed by atoms with Crippen LogP contribution in [-0.2, 0) is 23.8 Å². The maximum Gasteiger partial charge on any atom is 0.336 e. The van der Waals surface area contributed by atoms with Crippen molar-refractivity contribution in [1.29, 1.82) is 0 Å². The molecule has 11 atom stereocenters. The zero-order chi connectivity index (χ0) is 31.0. The van der Waals surface area contributed by atoms with E-state index in [4.69, 9.17) is 14.2 Å². The first-order chi connectivity index (χ1) is 19.6. The SMILES string of the molecule is CSCOC1CC2OCC2(O)C2C(C)C3(O)CC(OC(=O)C(O)[C@@H](C)c4cccs4)C(C)=C(C(O)C(=O)[C@]12C)C3(C)C. The van der Waals surface area contributed by atoms with E-state index in [-0.39, 0.29) is 19.4 Å². The first kappa shape index (κ1) is 32.1. The first-order valence-electron chi connectivity index (χ1n) is 14.6. The summed E-state index contributed by atoms with van der Waals surface area (Å²) in [4.78, 5) is 28.6. The number of rotatable bonds is 7. The molecule has 9 nitrogen and oxygen atoms in total. The monoisotopic (exact) mass is 624 g/mol. The smallest absolute Gasteiger partial charge is 0.336 e. The van der Waals surface area contributed by atoms with Gasteiger partial charge in [0.15, 0.2) is 11.9 Å². The number of hydrogen-bond acceptors (Lipinski definition) is 11. The molecule has 4 N–H and O–H groups in total. The second kappa shape index (κ2) is 10.9. The van der Waals surface area contributed by atoms with Gasteiger partial charge < -0.3 is 34.6 Å². The van der Waals surface area contributed by atoms with Gasteiger partial charge >= 0.3 is 5.97 Å². The third-order valence-electron chi connectivity index (χ3n) is 11.2. The van der Waals surface area contributed by atoms with Crippen molar-refractivity contribution in [3.63, 3.8) is 0 Å². The number of fused-ring (bicyclic) bond motifs is 5. The molecular weight excluding hydrogens is 580 g/mol. The van der Waals surface area contributed by atoms with Crippen LogP contribution in [0.3, 0.4) is 0 Å². The van der Waals surface area contributed by atoms with Crippen LogP contribution >= 0.6 is 23.1 Å². The van der Waals surface area contributed by atoms with Gasteiger partial charge in [-0.3, -0.25) is 4.79 Å². The van der Waals surface area contributed by atoms with E-state index in [9.17, 15) is 30.0 Å². The Hall–Kier alpha value is -1.31. The Morgan fingerprint density at radius 3 is 2.55 bits per heavy atom. The highest BCUT2D eigenvalue weighted by molar-refractivity contribution is 7.98. The highest BCUT2D eigenvalue weighted by Gasteiger charge is 2.74. The van der Waals surface area contributed by atoms with Crippen LogP contribution in [0.25, 0.3) is 0 Å². The van der Waals surface area contributed by atoms with Crippen LogP contribution in [0.1, 0.15) is 65.2 Å². The summed E-state index contributed by atoms with van der Waals surface area (Å²) in [7, 11) is 0. The second-order valence-corrected chi connectivity index (χ2v) is 15.2. The van der Waals surface area contributed by atoms with Crippen LogP contribution in [0.15, 0.2) is 28.7 Å². The van der Waals surface area contributed by atoms with Gasteiger partial charge in [0.05, 0.1) is 35.8 Å². The van der Waals surface area contributed by atoms with Crippen molar-refractivity contribution in [2.45, 2.75) is 102 Å². The maximum absolute atomic E-state index is 14.5. The number of aliphatic hydroxyl groups is 4. The lowest BCUT2D eigenvalue weighted by Gasteiger charge is -2.67. The summed E-state index contributed by atoms with van der Waals surface area (Å²) in [5, 5.41) is 49.4. The zero-order valence-electron chi connectivity index (χ0n) is 25.3. The number of thioether (sulfide) groups is 1. The number of esters is 1. The van der Waals surface area contributed by atoms with E-state index in [1.54, 1.807) is 34.6 Å². The van der Waals surface area contributed by atoms with Gasteiger partial charge in [0, 0.05) is 35.0 Å². The Balaban J connectivity index is 1.59. The van der Waals surface area contributed by atoms with E-state index in [2.05, 4.69) is 0 Å². The molecule has 9 unspecified atom stereocenters. The summed E-state index contributed by atoms with van der Waals surface area (Å²) in [5.74, 6) is -3.05. The minimum absolute atomic E-state index is 0.00430. The minimum atomic E-state index is -1.63. The number of aliphatic hydroxyl groups excluding tert-OH is 2. The molecule has 1 aromatic rings. The number of carbonyl (C=O) groups is 2. The van der Waals surface area contributed by atoms with Crippen molar-refractivity contribution in [2.24, 2.45) is 22.7 Å². The summed E-state index contributed by atoms with van der Waals surface area (Å²) in [6, 6.07) is 3.68. The van der Waals surface area contributed by atoms with Crippen LogP contribution in [0, 0.1) is 22.7 Å². The quantitative estimate of drug-likeness (QED) is 0.203. The number of carbonyl (C=O) groups excluding carboxylic acids is 2. The van der Waals surface area contributed by atoms with Gasteiger partial charge in [-0.05, 0) is 48.6 Å². The Morgan fingerprint density at radius 1 is 1.29 bits per heavy atom. The lowest BCUT2D eigenvalue weighted by atomic mass is 9.43. The fourth-order valence-electron chi connectivity index (χ4n) is 8.60. The standard InChI is InChI=1S/C31H44O9S2/c1-15-18(40-27(35)23(32)16(2)19-9-8-10-42-19)12-31(37)17(3)25-29(6,26(34)24(33)22(15)28(31,4)5)20(39-14-41-7)11-21-30(25,36)13-38-21/h8-10,16-18,20-21,23-25,32-33,36-37H,11-14H2,1-7H3/t16-,17?,18?,20?,21?,23?,24?,25?,29+,30?,31?/m0/s1. The van der Waals surface area contributed by atoms with E-state index >= 15 is 0 Å². The van der Waals surface area contributed by atoms with E-state index in [1.165, 1.54) is 23.1 Å². The molecule has 0 aromatic carbocycles. The molecule has 1 aliphatic heterocycles. The number of hydrogen-bond donors (Lipinski definition) is 4. The van der Waals surface area contributed by atoms with Crippen LogP contribution in [0.2, 0.25) is 0 Å². The third kappa shape index (κ3) is 4.41. The molecule has 4 aliphatic rings. The van der Waals surface area contributed by atoms with E-state index in [0.717, 1.165) is 4.88 Å². The zero-order valence-corrected chi connectivity index (χ0v) is 27.0. The van der Waals surface area contributed by atoms with Crippen molar-refractivity contribution in [1.82, 2.24) is 0 Å². The summed E-state index contributed by atoms with van der Waals surface area (Å²) in [6.45, 7) is 10.6. The molecule has 3 aliphatic carbocycles. The van der Waals surface area contributed by atoms with Gasteiger partial charge in [-0.1, -0.05) is 33.8 Å². The van der Waals surface area contributed by atoms with Crippen molar-refractivity contribution < 1.29 is 44.2 Å². The number of thiophene rings is 1. The Morgan fingerprint density at radius 2 is 1.98 bits per heavy atom.